The van der Waals surface area contributed by atoms with Gasteiger partial charge in [-0.2, -0.15) is 0 Å². The van der Waals surface area contributed by atoms with Crippen LogP contribution in [0.3, 0.4) is 0 Å². The molecule has 1 aliphatic carbocycles. The Kier molecular flexibility index (Phi) is 3.15. The Morgan fingerprint density at radius 1 is 1.18 bits per heavy atom. The summed E-state index contributed by atoms with van der Waals surface area (Å²) < 4.78 is 5.04. The normalized spacial score (nSPS) is 18.9. The first-order chi connectivity index (χ1) is 8.07. The summed E-state index contributed by atoms with van der Waals surface area (Å²) in [6.07, 6.45) is 5.21. The molecule has 1 saturated carbocycles. The number of rotatable bonds is 2. The van der Waals surface area contributed by atoms with E-state index in [1.54, 1.807) is 12.1 Å². The van der Waals surface area contributed by atoms with Crippen LogP contribution in [0.15, 0.2) is 12.1 Å². The maximum atomic E-state index is 9.67. The molecular formula is C13H19NO3. The Balaban J connectivity index is 2.41. The molecule has 4 heteroatoms. The number of methoxy groups -OCH3 is 1. The molecule has 2 rings (SSSR count). The van der Waals surface area contributed by atoms with Gasteiger partial charge in [0.05, 0.1) is 7.11 Å². The maximum absolute atomic E-state index is 9.67. The van der Waals surface area contributed by atoms with Crippen molar-refractivity contribution in [1.29, 1.82) is 0 Å². The summed E-state index contributed by atoms with van der Waals surface area (Å²) in [5, 5.41) is 19.3. The van der Waals surface area contributed by atoms with Crippen LogP contribution < -0.4 is 10.5 Å². The van der Waals surface area contributed by atoms with Gasteiger partial charge in [0.15, 0.2) is 11.5 Å². The molecule has 1 aromatic rings. The molecule has 1 fully saturated rings. The van der Waals surface area contributed by atoms with Gasteiger partial charge in [0.25, 0.3) is 0 Å². The molecule has 0 saturated heterocycles. The molecule has 4 N–H and O–H groups in total. The van der Waals surface area contributed by atoms with Gasteiger partial charge in [0.2, 0.25) is 5.75 Å². The molecular weight excluding hydrogens is 218 g/mol. The molecule has 0 amide bonds. The summed E-state index contributed by atoms with van der Waals surface area (Å²) in [4.78, 5) is 0. The number of hydrogen-bond acceptors (Lipinski definition) is 4. The third-order valence-electron chi connectivity index (χ3n) is 3.60. The molecule has 17 heavy (non-hydrogen) atoms. The Morgan fingerprint density at radius 3 is 2.41 bits per heavy atom. The van der Waals surface area contributed by atoms with Crippen LogP contribution >= 0.6 is 0 Å². The fourth-order valence-corrected chi connectivity index (χ4v) is 2.51. The van der Waals surface area contributed by atoms with Gasteiger partial charge >= 0.3 is 0 Å². The number of phenols is 2. The number of phenolic OH excluding ortho intramolecular Hbond substituents is 2. The van der Waals surface area contributed by atoms with Gasteiger partial charge in [0, 0.05) is 5.54 Å². The van der Waals surface area contributed by atoms with Gasteiger partial charge in [-0.3, -0.25) is 0 Å². The average Bonchev–Trinajstić information content (AvgIpc) is 2.33. The van der Waals surface area contributed by atoms with Crippen molar-refractivity contribution in [2.24, 2.45) is 5.73 Å². The summed E-state index contributed by atoms with van der Waals surface area (Å²) in [5.74, 6) is -0.124. The van der Waals surface area contributed by atoms with Crippen LogP contribution in [0.25, 0.3) is 0 Å². The summed E-state index contributed by atoms with van der Waals surface area (Å²) in [6.45, 7) is 0. The standard InChI is InChI=1S/C13H19NO3/c1-17-11-8-9(7-10(15)12(11)16)13(14)5-3-2-4-6-13/h7-8,15-16H,2-6,14H2,1H3. The Bertz CT molecular complexity index is 411. The smallest absolute Gasteiger partial charge is 0.200 e. The van der Waals surface area contributed by atoms with E-state index in [2.05, 4.69) is 0 Å². The molecule has 1 aromatic carbocycles. The van der Waals surface area contributed by atoms with Crippen molar-refractivity contribution >= 4 is 0 Å². The van der Waals surface area contributed by atoms with Crippen LogP contribution in [0.2, 0.25) is 0 Å². The van der Waals surface area contributed by atoms with Crippen molar-refractivity contribution in [3.8, 4) is 17.2 Å². The zero-order valence-corrected chi connectivity index (χ0v) is 10.1. The highest BCUT2D eigenvalue weighted by molar-refractivity contribution is 5.53. The molecule has 0 bridgehead atoms. The zero-order valence-electron chi connectivity index (χ0n) is 10.1. The quantitative estimate of drug-likeness (QED) is 0.689. The summed E-state index contributed by atoms with van der Waals surface area (Å²) in [5.41, 5.74) is 6.81. The first-order valence-corrected chi connectivity index (χ1v) is 5.96. The second kappa shape index (κ2) is 4.45. The number of ether oxygens (including phenoxy) is 1. The van der Waals surface area contributed by atoms with Gasteiger partial charge in [-0.05, 0) is 30.5 Å². The Labute approximate surface area is 101 Å². The van der Waals surface area contributed by atoms with Crippen LogP contribution in [0.4, 0.5) is 0 Å². The van der Waals surface area contributed by atoms with Crippen molar-refractivity contribution in [1.82, 2.24) is 0 Å². The summed E-state index contributed by atoms with van der Waals surface area (Å²) in [7, 11) is 1.46. The minimum atomic E-state index is -0.406. The van der Waals surface area contributed by atoms with Crippen molar-refractivity contribution in [2.75, 3.05) is 7.11 Å². The first-order valence-electron chi connectivity index (χ1n) is 5.96. The van der Waals surface area contributed by atoms with Gasteiger partial charge in [-0.15, -0.1) is 0 Å². The van der Waals surface area contributed by atoms with E-state index in [0.717, 1.165) is 31.2 Å². The Hall–Kier alpha value is -1.42. The molecule has 0 aliphatic heterocycles. The number of nitrogens with two attached hydrogens (primary N) is 1. The SMILES string of the molecule is COc1cc(C2(N)CCCCC2)cc(O)c1O. The highest BCUT2D eigenvalue weighted by Crippen LogP contribution is 2.42. The van der Waals surface area contributed by atoms with Gasteiger partial charge in [-0.25, -0.2) is 0 Å². The topological polar surface area (TPSA) is 75.7 Å². The highest BCUT2D eigenvalue weighted by Gasteiger charge is 2.31. The van der Waals surface area contributed by atoms with Crippen LogP contribution in [0, 0.1) is 0 Å². The third-order valence-corrected chi connectivity index (χ3v) is 3.60. The largest absolute Gasteiger partial charge is 0.504 e. The van der Waals surface area contributed by atoms with E-state index in [1.807, 2.05) is 0 Å². The predicted octanol–water partition coefficient (Wildman–Crippen LogP) is 2.22. The summed E-state index contributed by atoms with van der Waals surface area (Å²) >= 11 is 0. The fourth-order valence-electron chi connectivity index (χ4n) is 2.51. The van der Waals surface area contributed by atoms with Crippen LogP contribution in [0.1, 0.15) is 37.7 Å². The first kappa shape index (κ1) is 12.0. The molecule has 0 unspecified atom stereocenters. The van der Waals surface area contributed by atoms with Crippen molar-refractivity contribution < 1.29 is 14.9 Å². The fraction of sp³-hybridized carbons (Fsp3) is 0.538. The zero-order chi connectivity index (χ0) is 12.5. The van der Waals surface area contributed by atoms with Gasteiger partial charge < -0.3 is 20.7 Å². The number of benzene rings is 1. The lowest BCUT2D eigenvalue weighted by molar-refractivity contribution is 0.296. The van der Waals surface area contributed by atoms with E-state index in [4.69, 9.17) is 10.5 Å². The number of hydrogen-bond donors (Lipinski definition) is 3. The van der Waals surface area contributed by atoms with E-state index in [-0.39, 0.29) is 17.2 Å². The van der Waals surface area contributed by atoms with E-state index >= 15 is 0 Å². The Morgan fingerprint density at radius 2 is 1.82 bits per heavy atom. The molecule has 0 atom stereocenters. The molecule has 1 aliphatic rings. The van der Waals surface area contributed by atoms with Crippen molar-refractivity contribution in [3.63, 3.8) is 0 Å². The monoisotopic (exact) mass is 237 g/mol. The molecule has 0 radical (unpaired) electrons. The maximum Gasteiger partial charge on any atom is 0.200 e. The van der Waals surface area contributed by atoms with E-state index in [0.29, 0.717) is 0 Å². The lowest BCUT2D eigenvalue weighted by Crippen LogP contribution is -2.38. The molecule has 0 aromatic heterocycles. The van der Waals surface area contributed by atoms with E-state index < -0.39 is 5.54 Å². The molecule has 0 heterocycles. The van der Waals surface area contributed by atoms with E-state index in [9.17, 15) is 10.2 Å². The van der Waals surface area contributed by atoms with Crippen LogP contribution in [0.5, 0.6) is 17.2 Å². The minimum absolute atomic E-state index is 0.172. The van der Waals surface area contributed by atoms with Crippen LogP contribution in [-0.2, 0) is 5.54 Å². The molecule has 94 valence electrons. The second-order valence-electron chi connectivity index (χ2n) is 4.76. The minimum Gasteiger partial charge on any atom is -0.504 e. The summed E-state index contributed by atoms with van der Waals surface area (Å²) in [6, 6.07) is 3.27. The molecule has 0 spiro atoms. The van der Waals surface area contributed by atoms with Gasteiger partial charge in [-0.1, -0.05) is 19.3 Å². The lowest BCUT2D eigenvalue weighted by atomic mass is 9.77. The lowest BCUT2D eigenvalue weighted by Gasteiger charge is -2.34. The van der Waals surface area contributed by atoms with Gasteiger partial charge in [0.1, 0.15) is 0 Å². The highest BCUT2D eigenvalue weighted by atomic mass is 16.5. The van der Waals surface area contributed by atoms with Crippen molar-refractivity contribution in [3.05, 3.63) is 17.7 Å². The second-order valence-corrected chi connectivity index (χ2v) is 4.76. The predicted molar refractivity (Wildman–Crippen MR) is 65.3 cm³/mol. The van der Waals surface area contributed by atoms with Crippen molar-refractivity contribution in [2.45, 2.75) is 37.6 Å². The van der Waals surface area contributed by atoms with E-state index in [1.165, 1.54) is 13.5 Å². The molecule has 4 nitrogen and oxygen atoms in total. The van der Waals surface area contributed by atoms with Crippen LogP contribution in [-0.4, -0.2) is 17.3 Å². The third kappa shape index (κ3) is 2.17. The number of aromatic hydroxyl groups is 2. The average molecular weight is 237 g/mol.